The van der Waals surface area contributed by atoms with Gasteiger partial charge in [0.2, 0.25) is 5.78 Å². The summed E-state index contributed by atoms with van der Waals surface area (Å²) in [4.78, 5) is 16.6. The summed E-state index contributed by atoms with van der Waals surface area (Å²) in [7, 11) is 1.70. The molecule has 0 spiro atoms. The summed E-state index contributed by atoms with van der Waals surface area (Å²) in [6, 6.07) is 10.6. The number of quaternary nitrogens is 1. The van der Waals surface area contributed by atoms with E-state index >= 15 is 0 Å². The summed E-state index contributed by atoms with van der Waals surface area (Å²) in [5, 5.41) is 0. The topological polar surface area (TPSA) is 38.9 Å². The summed E-state index contributed by atoms with van der Waals surface area (Å²) in [5.41, 5.74) is 4.36. The van der Waals surface area contributed by atoms with Crippen LogP contribution in [0, 0.1) is 13.8 Å². The van der Waals surface area contributed by atoms with Crippen molar-refractivity contribution >= 4 is 11.5 Å². The SMILES string of the molecule is COc1cccc(N2CC[NH+](CC(=O)c3cc(C)n(C(C)C)c3C)CC2)c1. The number of anilines is 1. The fraction of sp³-hybridized carbons (Fsp3) is 0.500. The van der Waals surface area contributed by atoms with E-state index in [9.17, 15) is 4.79 Å². The van der Waals surface area contributed by atoms with Gasteiger partial charge in [0.25, 0.3) is 0 Å². The first-order valence-corrected chi connectivity index (χ1v) is 9.85. The van der Waals surface area contributed by atoms with Crippen molar-refractivity contribution in [3.63, 3.8) is 0 Å². The van der Waals surface area contributed by atoms with Crippen LogP contribution in [0.1, 0.15) is 41.6 Å². The number of ketones is 1. The number of hydrogen-bond donors (Lipinski definition) is 1. The van der Waals surface area contributed by atoms with Crippen LogP contribution in [0.3, 0.4) is 0 Å². The second-order valence-electron chi connectivity index (χ2n) is 7.79. The van der Waals surface area contributed by atoms with Crippen LogP contribution in [0.5, 0.6) is 5.75 Å². The maximum atomic E-state index is 12.9. The van der Waals surface area contributed by atoms with Crippen LogP contribution in [0.2, 0.25) is 0 Å². The molecule has 0 amide bonds. The minimum atomic E-state index is 0.264. The zero-order valence-electron chi connectivity index (χ0n) is 17.2. The number of Topliss-reactive ketones (excluding diaryl/α,β-unsaturated/α-hetero) is 1. The zero-order valence-corrected chi connectivity index (χ0v) is 17.2. The highest BCUT2D eigenvalue weighted by Crippen LogP contribution is 2.21. The number of hydrogen-bond acceptors (Lipinski definition) is 3. The molecule has 1 aromatic carbocycles. The lowest BCUT2D eigenvalue weighted by Gasteiger charge is -2.33. The van der Waals surface area contributed by atoms with Crippen LogP contribution in [0.4, 0.5) is 5.69 Å². The average Bonchev–Trinajstić information content (AvgIpc) is 2.97. The Bertz CT molecular complexity index is 802. The van der Waals surface area contributed by atoms with E-state index < -0.39 is 0 Å². The summed E-state index contributed by atoms with van der Waals surface area (Å²) in [5.74, 6) is 1.15. The van der Waals surface area contributed by atoms with Crippen LogP contribution in [-0.4, -0.2) is 50.2 Å². The van der Waals surface area contributed by atoms with Crippen LogP contribution >= 0.6 is 0 Å². The number of carbonyl (C=O) groups excluding carboxylic acids is 1. The minimum absolute atomic E-state index is 0.264. The van der Waals surface area contributed by atoms with E-state index in [0.717, 1.165) is 43.2 Å². The molecule has 1 aliphatic heterocycles. The molecule has 1 fully saturated rings. The Morgan fingerprint density at radius 2 is 1.89 bits per heavy atom. The van der Waals surface area contributed by atoms with Crippen molar-refractivity contribution in [2.24, 2.45) is 0 Å². The van der Waals surface area contributed by atoms with Crippen molar-refractivity contribution in [2.75, 3.05) is 44.7 Å². The standard InChI is InChI=1S/C22H31N3O2/c1-16(2)25-17(3)13-21(18(25)4)22(26)15-23-9-11-24(12-10-23)19-7-6-8-20(14-19)27-5/h6-8,13-14,16H,9-12,15H2,1-5H3/p+1. The van der Waals surface area contributed by atoms with Crippen molar-refractivity contribution in [2.45, 2.75) is 33.7 Å². The van der Waals surface area contributed by atoms with E-state index in [2.05, 4.69) is 55.4 Å². The smallest absolute Gasteiger partial charge is 0.218 e. The van der Waals surface area contributed by atoms with Gasteiger partial charge in [-0.05, 0) is 45.9 Å². The third-order valence-electron chi connectivity index (χ3n) is 5.60. The van der Waals surface area contributed by atoms with Crippen LogP contribution in [-0.2, 0) is 0 Å². The van der Waals surface area contributed by atoms with Gasteiger partial charge in [0, 0.05) is 34.7 Å². The summed E-state index contributed by atoms with van der Waals surface area (Å²) < 4.78 is 7.58. The number of aryl methyl sites for hydroxylation is 1. The Balaban J connectivity index is 1.61. The summed E-state index contributed by atoms with van der Waals surface area (Å²) in [6.07, 6.45) is 0. The molecule has 1 saturated heterocycles. The van der Waals surface area contributed by atoms with Gasteiger partial charge in [-0.25, -0.2) is 0 Å². The molecule has 2 heterocycles. The van der Waals surface area contributed by atoms with Gasteiger partial charge in [-0.2, -0.15) is 0 Å². The Morgan fingerprint density at radius 3 is 2.48 bits per heavy atom. The van der Waals surface area contributed by atoms with E-state index in [0.29, 0.717) is 12.6 Å². The number of carbonyl (C=O) groups is 1. The third-order valence-corrected chi connectivity index (χ3v) is 5.60. The predicted molar refractivity (Wildman–Crippen MR) is 109 cm³/mol. The van der Waals surface area contributed by atoms with Gasteiger partial charge < -0.3 is 19.1 Å². The molecule has 0 atom stereocenters. The van der Waals surface area contributed by atoms with Gasteiger partial charge in [0.1, 0.15) is 12.3 Å². The van der Waals surface area contributed by atoms with Crippen LogP contribution < -0.4 is 14.5 Å². The van der Waals surface area contributed by atoms with Crippen molar-refractivity contribution in [3.8, 4) is 5.75 Å². The lowest BCUT2D eigenvalue weighted by atomic mass is 10.1. The number of ether oxygens (including phenoxy) is 1. The van der Waals surface area contributed by atoms with Gasteiger partial charge in [0.05, 0.1) is 33.3 Å². The molecule has 0 saturated carbocycles. The average molecular weight is 371 g/mol. The first-order valence-electron chi connectivity index (χ1n) is 9.85. The van der Waals surface area contributed by atoms with Crippen molar-refractivity contribution in [1.82, 2.24) is 4.57 Å². The van der Waals surface area contributed by atoms with Gasteiger partial charge in [0.15, 0.2) is 0 Å². The highest BCUT2D eigenvalue weighted by Gasteiger charge is 2.25. The molecule has 0 aliphatic carbocycles. The molecule has 1 aliphatic rings. The number of nitrogens with zero attached hydrogens (tertiary/aromatic N) is 2. The third kappa shape index (κ3) is 4.19. The zero-order chi connectivity index (χ0) is 19.6. The molecule has 1 aromatic heterocycles. The number of benzene rings is 1. The first kappa shape index (κ1) is 19.5. The molecule has 2 aromatic rings. The second kappa shape index (κ2) is 8.17. The maximum absolute atomic E-state index is 12.9. The Kier molecular flexibility index (Phi) is 5.90. The fourth-order valence-electron chi connectivity index (χ4n) is 4.24. The lowest BCUT2D eigenvalue weighted by Crippen LogP contribution is -3.15. The molecule has 27 heavy (non-hydrogen) atoms. The van der Waals surface area contributed by atoms with Crippen molar-refractivity contribution in [3.05, 3.63) is 47.3 Å². The quantitative estimate of drug-likeness (QED) is 0.793. The highest BCUT2D eigenvalue weighted by molar-refractivity contribution is 5.98. The number of piperazine rings is 1. The molecular formula is C22H32N3O2+. The van der Waals surface area contributed by atoms with Gasteiger partial charge >= 0.3 is 0 Å². The number of rotatable bonds is 6. The molecule has 0 bridgehead atoms. The van der Waals surface area contributed by atoms with Gasteiger partial charge in [-0.3, -0.25) is 4.79 Å². The Morgan fingerprint density at radius 1 is 1.19 bits per heavy atom. The highest BCUT2D eigenvalue weighted by atomic mass is 16.5. The summed E-state index contributed by atoms with van der Waals surface area (Å²) in [6.45, 7) is 12.9. The molecular weight excluding hydrogens is 338 g/mol. The fourth-order valence-corrected chi connectivity index (χ4v) is 4.24. The Hall–Kier alpha value is -2.27. The molecule has 5 heteroatoms. The summed E-state index contributed by atoms with van der Waals surface area (Å²) >= 11 is 0. The first-order chi connectivity index (χ1) is 12.9. The van der Waals surface area contributed by atoms with Gasteiger partial charge in [-0.15, -0.1) is 0 Å². The monoisotopic (exact) mass is 370 g/mol. The molecule has 3 rings (SSSR count). The largest absolute Gasteiger partial charge is 0.497 e. The minimum Gasteiger partial charge on any atom is -0.497 e. The molecule has 0 radical (unpaired) electrons. The predicted octanol–water partition coefficient (Wildman–Crippen LogP) is 2.28. The molecule has 5 nitrogen and oxygen atoms in total. The van der Waals surface area contributed by atoms with E-state index in [4.69, 9.17) is 4.74 Å². The van der Waals surface area contributed by atoms with Gasteiger partial charge in [-0.1, -0.05) is 6.07 Å². The molecule has 0 unspecified atom stereocenters. The van der Waals surface area contributed by atoms with Crippen molar-refractivity contribution < 1.29 is 14.4 Å². The lowest BCUT2D eigenvalue weighted by molar-refractivity contribution is -0.892. The molecule has 146 valence electrons. The number of nitrogens with one attached hydrogen (secondary N) is 1. The second-order valence-corrected chi connectivity index (χ2v) is 7.79. The Labute approximate surface area is 162 Å². The number of aromatic nitrogens is 1. The normalized spacial score (nSPS) is 15.4. The van der Waals surface area contributed by atoms with E-state index in [1.54, 1.807) is 7.11 Å². The molecule has 1 N–H and O–H groups in total. The van der Waals surface area contributed by atoms with E-state index in [1.807, 2.05) is 12.1 Å². The van der Waals surface area contributed by atoms with E-state index in [-0.39, 0.29) is 5.78 Å². The van der Waals surface area contributed by atoms with E-state index in [1.165, 1.54) is 16.3 Å². The number of methoxy groups -OCH3 is 1. The maximum Gasteiger partial charge on any atom is 0.218 e. The van der Waals surface area contributed by atoms with Crippen LogP contribution in [0.25, 0.3) is 0 Å². The van der Waals surface area contributed by atoms with Crippen molar-refractivity contribution in [1.29, 1.82) is 0 Å². The van der Waals surface area contributed by atoms with Crippen LogP contribution in [0.15, 0.2) is 30.3 Å².